The predicted molar refractivity (Wildman–Crippen MR) is 132 cm³/mol. The molecule has 1 N–H and O–H groups in total. The van der Waals surface area contributed by atoms with Gasteiger partial charge >= 0.3 is 0 Å². The van der Waals surface area contributed by atoms with E-state index >= 15 is 0 Å². The molecule has 1 saturated heterocycles. The van der Waals surface area contributed by atoms with Crippen molar-refractivity contribution in [2.45, 2.75) is 45.6 Å². The van der Waals surface area contributed by atoms with E-state index in [4.69, 9.17) is 11.6 Å². The van der Waals surface area contributed by atoms with E-state index in [1.165, 1.54) is 0 Å². The number of benzene rings is 1. The molecule has 0 saturated carbocycles. The molecule has 33 heavy (non-hydrogen) atoms. The molecule has 0 bridgehead atoms. The van der Waals surface area contributed by atoms with E-state index in [1.807, 2.05) is 31.5 Å². The van der Waals surface area contributed by atoms with E-state index in [9.17, 15) is 9.90 Å². The van der Waals surface area contributed by atoms with Crippen LogP contribution in [-0.2, 0) is 5.41 Å². The highest BCUT2D eigenvalue weighted by atomic mass is 35.5. The molecule has 1 amide bonds. The number of hydrogen-bond acceptors (Lipinski definition) is 4. The molecule has 1 aromatic carbocycles. The highest BCUT2D eigenvalue weighted by molar-refractivity contribution is 6.33. The molecule has 5 nitrogen and oxygen atoms in total. The Labute approximate surface area is 200 Å². The zero-order valence-corrected chi connectivity index (χ0v) is 20.3. The number of piperidine rings is 1. The first-order valence-electron chi connectivity index (χ1n) is 11.3. The molecule has 2 atom stereocenters. The predicted octanol–water partition coefficient (Wildman–Crippen LogP) is 5.60. The molecule has 2 aromatic heterocycles. The number of rotatable bonds is 3. The summed E-state index contributed by atoms with van der Waals surface area (Å²) < 4.78 is 0. The topological polar surface area (TPSA) is 66.3 Å². The summed E-state index contributed by atoms with van der Waals surface area (Å²) in [6, 6.07) is 11.5. The lowest BCUT2D eigenvalue weighted by molar-refractivity contribution is 0.0339. The number of carbonyl (C=O) groups is 1. The van der Waals surface area contributed by atoms with Gasteiger partial charge in [0.05, 0.1) is 6.10 Å². The van der Waals surface area contributed by atoms with Gasteiger partial charge in [-0.2, -0.15) is 0 Å². The molecule has 3 aromatic rings. The second-order valence-electron chi connectivity index (χ2n) is 10.0. The van der Waals surface area contributed by atoms with Crippen molar-refractivity contribution in [3.05, 3.63) is 71.3 Å². The Morgan fingerprint density at radius 3 is 2.52 bits per heavy atom. The van der Waals surface area contributed by atoms with Gasteiger partial charge in [0.25, 0.3) is 5.91 Å². The van der Waals surface area contributed by atoms with Crippen LogP contribution in [0.1, 0.15) is 50.2 Å². The largest absolute Gasteiger partial charge is 0.391 e. The fourth-order valence-corrected chi connectivity index (χ4v) is 4.60. The summed E-state index contributed by atoms with van der Waals surface area (Å²) in [5.74, 6) is 0.167. The van der Waals surface area contributed by atoms with Crippen LogP contribution in [0.4, 0.5) is 0 Å². The van der Waals surface area contributed by atoms with Crippen molar-refractivity contribution in [3.8, 4) is 22.3 Å². The summed E-state index contributed by atoms with van der Waals surface area (Å²) in [6.07, 6.45) is 5.68. The van der Waals surface area contributed by atoms with Crippen molar-refractivity contribution in [2.75, 3.05) is 13.1 Å². The second-order valence-corrected chi connectivity index (χ2v) is 10.4. The average molecular weight is 464 g/mol. The highest BCUT2D eigenvalue weighted by Crippen LogP contribution is 2.32. The van der Waals surface area contributed by atoms with Crippen molar-refractivity contribution in [1.82, 2.24) is 14.9 Å². The summed E-state index contributed by atoms with van der Waals surface area (Å²) in [5.41, 5.74) is 5.22. The van der Waals surface area contributed by atoms with Crippen molar-refractivity contribution >= 4 is 17.5 Å². The Kier molecular flexibility index (Phi) is 6.55. The molecule has 0 spiro atoms. The third-order valence-corrected chi connectivity index (χ3v) is 6.36. The minimum absolute atomic E-state index is 0.0467. The first-order valence-corrected chi connectivity index (χ1v) is 11.7. The zero-order chi connectivity index (χ0) is 23.8. The number of carbonyl (C=O) groups excluding carboxylic acids is 1. The fraction of sp³-hybridized carbons (Fsp3) is 0.370. The van der Waals surface area contributed by atoms with Gasteiger partial charge in [-0.05, 0) is 48.2 Å². The van der Waals surface area contributed by atoms with E-state index in [0.717, 1.165) is 34.4 Å². The van der Waals surface area contributed by atoms with E-state index < -0.39 is 6.10 Å². The normalized spacial score (nSPS) is 18.9. The maximum absolute atomic E-state index is 13.0. The number of nitrogens with zero attached hydrogens (tertiary/aromatic N) is 3. The summed E-state index contributed by atoms with van der Waals surface area (Å²) >= 11 is 6.63. The molecule has 2 unspecified atom stereocenters. The van der Waals surface area contributed by atoms with Crippen molar-refractivity contribution in [1.29, 1.82) is 0 Å². The Morgan fingerprint density at radius 2 is 1.82 bits per heavy atom. The van der Waals surface area contributed by atoms with Crippen molar-refractivity contribution in [2.24, 2.45) is 5.92 Å². The minimum Gasteiger partial charge on any atom is -0.391 e. The number of hydrogen-bond donors (Lipinski definition) is 1. The third-order valence-electron chi connectivity index (χ3n) is 6.05. The number of likely N-dealkylation sites (tertiary alicyclic amines) is 1. The number of aliphatic hydroxyl groups excluding tert-OH is 1. The Morgan fingerprint density at radius 1 is 1.06 bits per heavy atom. The Hall–Kier alpha value is -2.76. The number of β-amino-alcohol motifs (C(OH)–C–C–N with tert-alkyl or cyclic N) is 1. The van der Waals surface area contributed by atoms with Crippen LogP contribution >= 0.6 is 11.6 Å². The number of aromatic nitrogens is 2. The molecule has 1 aliphatic rings. The number of amides is 1. The van der Waals surface area contributed by atoms with Gasteiger partial charge in [-0.3, -0.25) is 14.8 Å². The van der Waals surface area contributed by atoms with Crippen LogP contribution in [0.25, 0.3) is 22.3 Å². The summed E-state index contributed by atoms with van der Waals surface area (Å²) in [6.45, 7) is 9.47. The second kappa shape index (κ2) is 9.24. The first kappa shape index (κ1) is 23.4. The smallest absolute Gasteiger partial charge is 0.254 e. The highest BCUT2D eigenvalue weighted by Gasteiger charge is 2.27. The summed E-state index contributed by atoms with van der Waals surface area (Å²) in [7, 11) is 0. The molecule has 172 valence electrons. The van der Waals surface area contributed by atoms with Crippen LogP contribution in [0.15, 0.2) is 55.0 Å². The standard InChI is InChI=1S/C27H30ClN3O2/c1-17-9-22(32)16-31(15-17)26(33)19-5-6-23(24(28)11-19)21-10-20(13-29-14-21)18-7-8-30-25(12-18)27(2,3)4/h5-8,10-14,17,22,32H,9,15-16H2,1-4H3. The fourth-order valence-electron chi connectivity index (χ4n) is 4.31. The Bertz CT molecular complexity index is 1160. The average Bonchev–Trinajstić information content (AvgIpc) is 2.77. The first-order chi connectivity index (χ1) is 15.6. The van der Waals surface area contributed by atoms with Gasteiger partial charge < -0.3 is 10.0 Å². The van der Waals surface area contributed by atoms with Crippen LogP contribution in [0.5, 0.6) is 0 Å². The van der Waals surface area contributed by atoms with Crippen LogP contribution in [0.2, 0.25) is 5.02 Å². The maximum Gasteiger partial charge on any atom is 0.254 e. The van der Waals surface area contributed by atoms with Crippen LogP contribution in [0, 0.1) is 5.92 Å². The van der Waals surface area contributed by atoms with E-state index in [-0.39, 0.29) is 17.2 Å². The zero-order valence-electron chi connectivity index (χ0n) is 19.5. The number of halogens is 1. The van der Waals surface area contributed by atoms with Gasteiger partial charge in [0.1, 0.15) is 0 Å². The van der Waals surface area contributed by atoms with Crippen LogP contribution in [-0.4, -0.2) is 45.1 Å². The number of aliphatic hydroxyl groups is 1. The van der Waals surface area contributed by atoms with Gasteiger partial charge in [0.2, 0.25) is 0 Å². The molecule has 6 heteroatoms. The maximum atomic E-state index is 13.0. The lowest BCUT2D eigenvalue weighted by Gasteiger charge is -2.34. The Balaban J connectivity index is 1.61. The van der Waals surface area contributed by atoms with Gasteiger partial charge in [0.15, 0.2) is 0 Å². The third kappa shape index (κ3) is 5.26. The van der Waals surface area contributed by atoms with Gasteiger partial charge in [-0.1, -0.05) is 45.4 Å². The lowest BCUT2D eigenvalue weighted by Crippen LogP contribution is -2.45. The van der Waals surface area contributed by atoms with E-state index in [2.05, 4.69) is 42.9 Å². The molecule has 1 aliphatic heterocycles. The lowest BCUT2D eigenvalue weighted by atomic mass is 9.90. The minimum atomic E-state index is -0.478. The van der Waals surface area contributed by atoms with Crippen LogP contribution in [0.3, 0.4) is 0 Å². The summed E-state index contributed by atoms with van der Waals surface area (Å²) in [4.78, 5) is 23.6. The molecular weight excluding hydrogens is 434 g/mol. The van der Waals surface area contributed by atoms with Gasteiger partial charge in [-0.25, -0.2) is 0 Å². The quantitative estimate of drug-likeness (QED) is 0.548. The molecule has 3 heterocycles. The van der Waals surface area contributed by atoms with Gasteiger partial charge in [0, 0.05) is 70.1 Å². The molecule has 0 radical (unpaired) electrons. The monoisotopic (exact) mass is 463 g/mol. The summed E-state index contributed by atoms with van der Waals surface area (Å²) in [5, 5.41) is 10.5. The van der Waals surface area contributed by atoms with E-state index in [1.54, 1.807) is 23.2 Å². The van der Waals surface area contributed by atoms with E-state index in [0.29, 0.717) is 23.7 Å². The molecular formula is C27H30ClN3O2. The SMILES string of the molecule is CC1CC(O)CN(C(=O)c2ccc(-c3cncc(-c4ccnc(C(C)(C)C)c4)c3)c(Cl)c2)C1. The van der Waals surface area contributed by atoms with Crippen LogP contribution < -0.4 is 0 Å². The number of pyridine rings is 2. The molecule has 0 aliphatic carbocycles. The van der Waals surface area contributed by atoms with Crippen molar-refractivity contribution < 1.29 is 9.90 Å². The molecule has 1 fully saturated rings. The molecule has 4 rings (SSSR count). The van der Waals surface area contributed by atoms with Crippen molar-refractivity contribution in [3.63, 3.8) is 0 Å². The van der Waals surface area contributed by atoms with Gasteiger partial charge in [-0.15, -0.1) is 0 Å².